The van der Waals surface area contributed by atoms with Gasteiger partial charge in [-0.05, 0) is 37.5 Å². The molecule has 1 fully saturated rings. The highest BCUT2D eigenvalue weighted by Gasteiger charge is 2.27. The van der Waals surface area contributed by atoms with Gasteiger partial charge in [-0.15, -0.1) is 5.10 Å². The third kappa shape index (κ3) is 2.64. The normalized spacial score (nSPS) is 17.6. The number of hydrogen-bond acceptors (Lipinski definition) is 2. The molecule has 17 heavy (non-hydrogen) atoms. The first-order valence-corrected chi connectivity index (χ1v) is 6.73. The maximum atomic E-state index is 6.08. The van der Waals surface area contributed by atoms with E-state index in [1.807, 2.05) is 11.7 Å². The van der Waals surface area contributed by atoms with Gasteiger partial charge in [-0.3, -0.25) is 4.68 Å². The van der Waals surface area contributed by atoms with Gasteiger partial charge in [-0.25, -0.2) is 0 Å². The molecule has 96 valence electrons. The van der Waals surface area contributed by atoms with Crippen molar-refractivity contribution in [2.45, 2.75) is 64.4 Å². The monoisotopic (exact) mass is 236 g/mol. The van der Waals surface area contributed by atoms with Crippen molar-refractivity contribution in [1.29, 1.82) is 0 Å². The van der Waals surface area contributed by atoms with Crippen molar-refractivity contribution in [2.75, 3.05) is 0 Å². The molecule has 3 nitrogen and oxygen atoms in total. The van der Waals surface area contributed by atoms with Crippen LogP contribution in [-0.2, 0) is 12.5 Å². The summed E-state index contributed by atoms with van der Waals surface area (Å²) >= 11 is 0. The number of rotatable bonds is 4. The SMILES string of the molecule is CCC(C)(C)c1cn(C)nc1OC1CCCC1. The molecule has 0 spiro atoms. The van der Waals surface area contributed by atoms with E-state index < -0.39 is 0 Å². The zero-order valence-electron chi connectivity index (χ0n) is 11.5. The molecule has 0 aliphatic heterocycles. The number of ether oxygens (including phenoxy) is 1. The lowest BCUT2D eigenvalue weighted by molar-refractivity contribution is 0.195. The number of aryl methyl sites for hydroxylation is 1. The molecule has 1 aliphatic carbocycles. The van der Waals surface area contributed by atoms with E-state index in [4.69, 9.17) is 4.74 Å². The fourth-order valence-corrected chi connectivity index (χ4v) is 2.37. The molecule has 0 N–H and O–H groups in total. The average molecular weight is 236 g/mol. The van der Waals surface area contributed by atoms with Crippen LogP contribution in [0.2, 0.25) is 0 Å². The van der Waals surface area contributed by atoms with Gasteiger partial charge in [0.25, 0.3) is 0 Å². The van der Waals surface area contributed by atoms with E-state index in [0.29, 0.717) is 6.10 Å². The Labute approximate surface area is 104 Å². The highest BCUT2D eigenvalue weighted by atomic mass is 16.5. The summed E-state index contributed by atoms with van der Waals surface area (Å²) < 4.78 is 7.96. The molecule has 0 unspecified atom stereocenters. The van der Waals surface area contributed by atoms with Crippen LogP contribution in [0, 0.1) is 0 Å². The molecule has 0 amide bonds. The third-order valence-corrected chi connectivity index (χ3v) is 3.99. The molecule has 1 saturated carbocycles. The first kappa shape index (κ1) is 12.5. The van der Waals surface area contributed by atoms with E-state index in [0.717, 1.165) is 12.3 Å². The van der Waals surface area contributed by atoms with Gasteiger partial charge in [0.1, 0.15) is 6.10 Å². The minimum absolute atomic E-state index is 0.141. The van der Waals surface area contributed by atoms with E-state index in [-0.39, 0.29) is 5.41 Å². The maximum absolute atomic E-state index is 6.08. The highest BCUT2D eigenvalue weighted by molar-refractivity contribution is 5.31. The van der Waals surface area contributed by atoms with Gasteiger partial charge in [-0.1, -0.05) is 20.8 Å². The summed E-state index contributed by atoms with van der Waals surface area (Å²) in [7, 11) is 1.97. The van der Waals surface area contributed by atoms with Crippen LogP contribution < -0.4 is 4.74 Å². The molecule has 0 saturated heterocycles. The van der Waals surface area contributed by atoms with Gasteiger partial charge in [0, 0.05) is 18.8 Å². The molecular formula is C14H24N2O. The lowest BCUT2D eigenvalue weighted by Gasteiger charge is -2.23. The van der Waals surface area contributed by atoms with E-state index in [1.165, 1.54) is 31.2 Å². The van der Waals surface area contributed by atoms with E-state index in [2.05, 4.69) is 32.1 Å². The smallest absolute Gasteiger partial charge is 0.236 e. The second kappa shape index (κ2) is 4.71. The zero-order chi connectivity index (χ0) is 12.5. The molecule has 3 heteroatoms. The summed E-state index contributed by atoms with van der Waals surface area (Å²) in [5, 5.41) is 4.48. The average Bonchev–Trinajstić information content (AvgIpc) is 2.89. The first-order chi connectivity index (χ1) is 8.03. The Balaban J connectivity index is 2.20. The van der Waals surface area contributed by atoms with Gasteiger partial charge in [0.05, 0.1) is 0 Å². The van der Waals surface area contributed by atoms with Crippen molar-refractivity contribution in [2.24, 2.45) is 7.05 Å². The van der Waals surface area contributed by atoms with Crippen molar-refractivity contribution in [3.63, 3.8) is 0 Å². The summed E-state index contributed by atoms with van der Waals surface area (Å²) in [6.07, 6.45) is 8.54. The highest BCUT2D eigenvalue weighted by Crippen LogP contribution is 2.35. The van der Waals surface area contributed by atoms with Crippen LogP contribution in [0.1, 0.15) is 58.4 Å². The van der Waals surface area contributed by atoms with Gasteiger partial charge in [0.15, 0.2) is 0 Å². The standard InChI is InChI=1S/C14H24N2O/c1-5-14(2,3)12-10-16(4)15-13(12)17-11-8-6-7-9-11/h10-11H,5-9H2,1-4H3. The van der Waals surface area contributed by atoms with Crippen molar-refractivity contribution >= 4 is 0 Å². The van der Waals surface area contributed by atoms with Gasteiger partial charge < -0.3 is 4.74 Å². The summed E-state index contributed by atoms with van der Waals surface area (Å²) in [6, 6.07) is 0. The molecular weight excluding hydrogens is 212 g/mol. The lowest BCUT2D eigenvalue weighted by Crippen LogP contribution is -2.19. The van der Waals surface area contributed by atoms with E-state index in [1.54, 1.807) is 0 Å². The third-order valence-electron chi connectivity index (χ3n) is 3.99. The molecule has 0 radical (unpaired) electrons. The van der Waals surface area contributed by atoms with Crippen molar-refractivity contribution in [1.82, 2.24) is 9.78 Å². The molecule has 1 aliphatic rings. The van der Waals surface area contributed by atoms with Crippen LogP contribution in [0.15, 0.2) is 6.20 Å². The van der Waals surface area contributed by atoms with E-state index >= 15 is 0 Å². The lowest BCUT2D eigenvalue weighted by atomic mass is 9.84. The molecule has 1 heterocycles. The minimum atomic E-state index is 0.141. The van der Waals surface area contributed by atoms with Gasteiger partial charge in [0.2, 0.25) is 5.88 Å². The number of nitrogens with zero attached hydrogens (tertiary/aromatic N) is 2. The molecule has 0 bridgehead atoms. The van der Waals surface area contributed by atoms with Crippen LogP contribution in [0.5, 0.6) is 5.88 Å². The van der Waals surface area contributed by atoms with Gasteiger partial charge >= 0.3 is 0 Å². The number of hydrogen-bond donors (Lipinski definition) is 0. The van der Waals surface area contributed by atoms with Crippen molar-refractivity contribution in [3.8, 4) is 5.88 Å². The van der Waals surface area contributed by atoms with Crippen LogP contribution in [0.25, 0.3) is 0 Å². The Morgan fingerprint density at radius 1 is 1.41 bits per heavy atom. The molecule has 1 aromatic rings. The van der Waals surface area contributed by atoms with Crippen LogP contribution in [0.4, 0.5) is 0 Å². The topological polar surface area (TPSA) is 27.1 Å². The maximum Gasteiger partial charge on any atom is 0.236 e. The Hall–Kier alpha value is -0.990. The quantitative estimate of drug-likeness (QED) is 0.801. The predicted molar refractivity (Wildman–Crippen MR) is 69.4 cm³/mol. The fourth-order valence-electron chi connectivity index (χ4n) is 2.37. The summed E-state index contributed by atoms with van der Waals surface area (Å²) in [4.78, 5) is 0. The Morgan fingerprint density at radius 2 is 2.06 bits per heavy atom. The summed E-state index contributed by atoms with van der Waals surface area (Å²) in [6.45, 7) is 6.73. The van der Waals surface area contributed by atoms with Crippen molar-refractivity contribution < 1.29 is 4.74 Å². The predicted octanol–water partition coefficient (Wildman–Crippen LogP) is 3.43. The Kier molecular flexibility index (Phi) is 3.45. The largest absolute Gasteiger partial charge is 0.473 e. The van der Waals surface area contributed by atoms with Gasteiger partial charge in [-0.2, -0.15) is 0 Å². The molecule has 0 atom stereocenters. The van der Waals surface area contributed by atoms with Crippen LogP contribution in [0.3, 0.4) is 0 Å². The Bertz CT molecular complexity index is 376. The molecule has 2 rings (SSSR count). The van der Waals surface area contributed by atoms with Crippen molar-refractivity contribution in [3.05, 3.63) is 11.8 Å². The van der Waals surface area contributed by atoms with E-state index in [9.17, 15) is 0 Å². The fraction of sp³-hybridized carbons (Fsp3) is 0.786. The van der Waals surface area contributed by atoms with Crippen LogP contribution in [-0.4, -0.2) is 15.9 Å². The first-order valence-electron chi connectivity index (χ1n) is 6.73. The zero-order valence-corrected chi connectivity index (χ0v) is 11.5. The second-order valence-electron chi connectivity index (χ2n) is 5.78. The summed E-state index contributed by atoms with van der Waals surface area (Å²) in [5.41, 5.74) is 1.39. The second-order valence-corrected chi connectivity index (χ2v) is 5.78. The number of aromatic nitrogens is 2. The Morgan fingerprint density at radius 3 is 2.65 bits per heavy atom. The summed E-state index contributed by atoms with van der Waals surface area (Å²) in [5.74, 6) is 0.853. The molecule has 0 aromatic carbocycles. The molecule has 1 aromatic heterocycles. The minimum Gasteiger partial charge on any atom is -0.473 e. The van der Waals surface area contributed by atoms with Crippen LogP contribution >= 0.6 is 0 Å².